The zero-order valence-corrected chi connectivity index (χ0v) is 9.59. The Hall–Kier alpha value is -0.580. The van der Waals surface area contributed by atoms with E-state index in [0.717, 1.165) is 29.5 Å². The van der Waals surface area contributed by atoms with E-state index in [1.165, 1.54) is 0 Å². The van der Waals surface area contributed by atoms with Crippen LogP contribution in [0.4, 0.5) is 0 Å². The first-order valence-corrected chi connectivity index (χ1v) is 5.38. The summed E-state index contributed by atoms with van der Waals surface area (Å²) in [6.45, 7) is 3.68. The molecule has 0 saturated carbocycles. The minimum absolute atomic E-state index is 0.142. The fourth-order valence-corrected chi connectivity index (χ4v) is 1.87. The van der Waals surface area contributed by atoms with Gasteiger partial charge in [-0.2, -0.15) is 0 Å². The average molecular weight is 259 g/mol. The van der Waals surface area contributed by atoms with Crippen molar-refractivity contribution in [1.29, 1.82) is 0 Å². The molecule has 1 atom stereocenters. The average Bonchev–Trinajstić information content (AvgIpc) is 2.60. The Balaban J connectivity index is 2.54. The van der Waals surface area contributed by atoms with Gasteiger partial charge in [0.05, 0.1) is 12.3 Å². The van der Waals surface area contributed by atoms with Gasteiger partial charge < -0.3 is 4.42 Å². The maximum Gasteiger partial charge on any atom is 0.173 e. The van der Waals surface area contributed by atoms with Gasteiger partial charge in [-0.25, -0.2) is 0 Å². The van der Waals surface area contributed by atoms with Crippen molar-refractivity contribution in [2.75, 3.05) is 0 Å². The Morgan fingerprint density at radius 1 is 1.71 bits per heavy atom. The molecule has 3 N–H and O–H groups in total. The molecule has 14 heavy (non-hydrogen) atoms. The second kappa shape index (κ2) is 6.01. The Bertz CT molecular complexity index is 285. The van der Waals surface area contributed by atoms with Crippen LogP contribution >= 0.6 is 15.9 Å². The van der Waals surface area contributed by atoms with E-state index >= 15 is 0 Å². The Kier molecular flexibility index (Phi) is 4.93. The fraction of sp³-hybridized carbons (Fsp3) is 0.400. The van der Waals surface area contributed by atoms with Gasteiger partial charge in [-0.05, 0) is 41.3 Å². The molecule has 0 fully saturated rings. The van der Waals surface area contributed by atoms with Crippen LogP contribution in [0.3, 0.4) is 0 Å². The van der Waals surface area contributed by atoms with Crippen molar-refractivity contribution in [2.45, 2.75) is 25.3 Å². The van der Waals surface area contributed by atoms with E-state index in [4.69, 9.17) is 10.3 Å². The minimum Gasteiger partial charge on any atom is -0.457 e. The smallest absolute Gasteiger partial charge is 0.173 e. The molecule has 0 spiro atoms. The van der Waals surface area contributed by atoms with E-state index in [1.54, 1.807) is 6.26 Å². The van der Waals surface area contributed by atoms with Crippen LogP contribution in [0, 0.1) is 0 Å². The quantitative estimate of drug-likeness (QED) is 0.357. The van der Waals surface area contributed by atoms with Gasteiger partial charge in [0.1, 0.15) is 0 Å². The predicted molar refractivity (Wildman–Crippen MR) is 60.5 cm³/mol. The van der Waals surface area contributed by atoms with Gasteiger partial charge in [0.25, 0.3) is 0 Å². The molecule has 1 heterocycles. The van der Waals surface area contributed by atoms with Crippen LogP contribution in [-0.2, 0) is 0 Å². The van der Waals surface area contributed by atoms with Crippen molar-refractivity contribution in [3.05, 3.63) is 35.2 Å². The first-order valence-electron chi connectivity index (χ1n) is 4.59. The lowest BCUT2D eigenvalue weighted by atomic mass is 10.0. The van der Waals surface area contributed by atoms with Crippen LogP contribution in [0.5, 0.6) is 0 Å². The third-order valence-electron chi connectivity index (χ3n) is 2.12. The summed E-state index contributed by atoms with van der Waals surface area (Å²) in [5, 5.41) is 0. The van der Waals surface area contributed by atoms with Gasteiger partial charge >= 0.3 is 0 Å². The number of hydrogen-bond donors (Lipinski definition) is 2. The summed E-state index contributed by atoms with van der Waals surface area (Å²) in [4.78, 5) is 0. The standard InChI is InChI=1S/C10H15BrN2O/c1-2-3-4-5-9(13-12)8-6-7-14-10(8)11/h2,6-7,9,13H,1,3-5,12H2. The molecule has 0 amide bonds. The number of furan rings is 1. The zero-order valence-electron chi connectivity index (χ0n) is 8.00. The maximum absolute atomic E-state index is 5.48. The molecule has 0 aliphatic rings. The predicted octanol–water partition coefficient (Wildman–Crippen LogP) is 2.90. The van der Waals surface area contributed by atoms with E-state index in [-0.39, 0.29) is 6.04 Å². The molecule has 0 aromatic carbocycles. The number of unbranched alkanes of at least 4 members (excludes halogenated alkanes) is 1. The highest BCUT2D eigenvalue weighted by Gasteiger charge is 2.14. The monoisotopic (exact) mass is 258 g/mol. The van der Waals surface area contributed by atoms with Crippen LogP contribution in [-0.4, -0.2) is 0 Å². The van der Waals surface area contributed by atoms with E-state index in [2.05, 4.69) is 27.9 Å². The second-order valence-corrected chi connectivity index (χ2v) is 3.81. The molecular formula is C10H15BrN2O. The third-order valence-corrected chi connectivity index (χ3v) is 2.77. The van der Waals surface area contributed by atoms with Gasteiger partial charge in [-0.1, -0.05) is 6.08 Å². The number of allylic oxidation sites excluding steroid dienone is 1. The lowest BCUT2D eigenvalue weighted by Crippen LogP contribution is -2.27. The van der Waals surface area contributed by atoms with Gasteiger partial charge in [-0.15, -0.1) is 6.58 Å². The van der Waals surface area contributed by atoms with Crippen LogP contribution in [0.2, 0.25) is 0 Å². The number of hydrogen-bond acceptors (Lipinski definition) is 3. The molecular weight excluding hydrogens is 244 g/mol. The Morgan fingerprint density at radius 2 is 2.50 bits per heavy atom. The summed E-state index contributed by atoms with van der Waals surface area (Å²) >= 11 is 3.33. The van der Waals surface area contributed by atoms with Crippen molar-refractivity contribution in [3.8, 4) is 0 Å². The molecule has 1 aromatic heterocycles. The molecule has 0 radical (unpaired) electrons. The third kappa shape index (κ3) is 2.97. The summed E-state index contributed by atoms with van der Waals surface area (Å²) in [6.07, 6.45) is 6.61. The number of rotatable bonds is 6. The van der Waals surface area contributed by atoms with E-state index in [9.17, 15) is 0 Å². The van der Waals surface area contributed by atoms with Crippen molar-refractivity contribution in [1.82, 2.24) is 5.43 Å². The molecule has 1 unspecified atom stereocenters. The first kappa shape index (κ1) is 11.5. The van der Waals surface area contributed by atoms with Gasteiger partial charge in [0.15, 0.2) is 4.67 Å². The van der Waals surface area contributed by atoms with E-state index in [1.807, 2.05) is 12.1 Å². The molecule has 3 nitrogen and oxygen atoms in total. The summed E-state index contributed by atoms with van der Waals surface area (Å²) in [7, 11) is 0. The summed E-state index contributed by atoms with van der Waals surface area (Å²) in [5.74, 6) is 5.48. The van der Waals surface area contributed by atoms with Crippen LogP contribution in [0.15, 0.2) is 34.1 Å². The largest absolute Gasteiger partial charge is 0.457 e. The Labute approximate surface area is 92.5 Å². The van der Waals surface area contributed by atoms with Crippen LogP contribution < -0.4 is 11.3 Å². The van der Waals surface area contributed by atoms with Gasteiger partial charge in [0, 0.05) is 5.56 Å². The highest BCUT2D eigenvalue weighted by molar-refractivity contribution is 9.10. The minimum atomic E-state index is 0.142. The zero-order chi connectivity index (χ0) is 10.4. The topological polar surface area (TPSA) is 51.2 Å². The van der Waals surface area contributed by atoms with Gasteiger partial charge in [0.2, 0.25) is 0 Å². The number of halogens is 1. The van der Waals surface area contributed by atoms with E-state index in [0.29, 0.717) is 0 Å². The summed E-state index contributed by atoms with van der Waals surface area (Å²) in [5.41, 5.74) is 3.85. The molecule has 1 aromatic rings. The summed E-state index contributed by atoms with van der Waals surface area (Å²) in [6, 6.07) is 2.06. The lowest BCUT2D eigenvalue weighted by molar-refractivity contribution is 0.479. The number of nitrogens with two attached hydrogens (primary N) is 1. The van der Waals surface area contributed by atoms with Crippen molar-refractivity contribution in [2.24, 2.45) is 5.84 Å². The first-order chi connectivity index (χ1) is 6.79. The van der Waals surface area contributed by atoms with Crippen molar-refractivity contribution in [3.63, 3.8) is 0 Å². The second-order valence-electron chi connectivity index (χ2n) is 3.09. The molecule has 0 aliphatic carbocycles. The Morgan fingerprint density at radius 3 is 3.00 bits per heavy atom. The SMILES string of the molecule is C=CCCCC(NN)c1ccoc1Br. The van der Waals surface area contributed by atoms with Crippen LogP contribution in [0.25, 0.3) is 0 Å². The van der Waals surface area contributed by atoms with Crippen molar-refractivity contribution < 1.29 is 4.42 Å². The molecule has 4 heteroatoms. The fourth-order valence-electron chi connectivity index (χ4n) is 1.35. The molecule has 1 rings (SSSR count). The normalized spacial score (nSPS) is 12.7. The van der Waals surface area contributed by atoms with Gasteiger partial charge in [-0.3, -0.25) is 11.3 Å². The molecule has 0 aliphatic heterocycles. The molecule has 0 bridgehead atoms. The summed E-state index contributed by atoms with van der Waals surface area (Å²) < 4.78 is 5.90. The highest BCUT2D eigenvalue weighted by Crippen LogP contribution is 2.27. The lowest BCUT2D eigenvalue weighted by Gasteiger charge is -2.13. The molecule has 0 saturated heterocycles. The van der Waals surface area contributed by atoms with Crippen molar-refractivity contribution >= 4 is 15.9 Å². The highest BCUT2D eigenvalue weighted by atomic mass is 79.9. The molecule has 78 valence electrons. The maximum atomic E-state index is 5.48. The van der Waals surface area contributed by atoms with E-state index < -0.39 is 0 Å². The number of hydrazine groups is 1. The van der Waals surface area contributed by atoms with Crippen LogP contribution in [0.1, 0.15) is 30.9 Å². The number of nitrogens with one attached hydrogen (secondary N) is 1.